The summed E-state index contributed by atoms with van der Waals surface area (Å²) in [7, 11) is 0. The number of halogens is 1. The summed E-state index contributed by atoms with van der Waals surface area (Å²) >= 11 is 6.12. The van der Waals surface area contributed by atoms with Crippen molar-refractivity contribution in [2.75, 3.05) is 6.61 Å². The number of carbonyl (C=O) groups is 1. The number of nitrogens with zero attached hydrogens (tertiary/aromatic N) is 2. The number of aromatic nitrogens is 2. The number of nitrogens with one attached hydrogen (secondary N) is 1. The van der Waals surface area contributed by atoms with E-state index < -0.39 is 0 Å². The van der Waals surface area contributed by atoms with Crippen LogP contribution >= 0.6 is 11.6 Å². The van der Waals surface area contributed by atoms with Gasteiger partial charge in [-0.2, -0.15) is 5.10 Å². The van der Waals surface area contributed by atoms with Gasteiger partial charge in [-0.1, -0.05) is 79.5 Å². The van der Waals surface area contributed by atoms with Crippen molar-refractivity contribution in [2.45, 2.75) is 32.4 Å². The average Bonchev–Trinajstić information content (AvgIpc) is 3.40. The number of hydrogen-bond acceptors (Lipinski definition) is 3. The normalized spacial score (nSPS) is 14.9. The molecule has 1 N–H and O–H groups in total. The highest BCUT2D eigenvalue weighted by atomic mass is 35.5. The molecule has 0 saturated carbocycles. The highest BCUT2D eigenvalue weighted by molar-refractivity contribution is 6.30. The van der Waals surface area contributed by atoms with Crippen molar-refractivity contribution in [1.29, 1.82) is 0 Å². The van der Waals surface area contributed by atoms with Crippen molar-refractivity contribution in [1.82, 2.24) is 15.1 Å². The molecule has 5 rings (SSSR count). The summed E-state index contributed by atoms with van der Waals surface area (Å²) in [5.41, 5.74) is 5.16. The number of hydrogen-bond donors (Lipinski definition) is 1. The molecule has 34 heavy (non-hydrogen) atoms. The zero-order chi connectivity index (χ0) is 23.5. The van der Waals surface area contributed by atoms with Crippen molar-refractivity contribution in [3.63, 3.8) is 0 Å². The van der Waals surface area contributed by atoms with E-state index in [0.717, 1.165) is 46.5 Å². The first-order chi connectivity index (χ1) is 16.7. The van der Waals surface area contributed by atoms with Crippen molar-refractivity contribution in [3.05, 3.63) is 106 Å². The fourth-order valence-corrected chi connectivity index (χ4v) is 4.55. The Morgan fingerprint density at radius 2 is 1.82 bits per heavy atom. The molecule has 172 valence electrons. The number of fused-ring (bicyclic) bond motifs is 1. The van der Waals surface area contributed by atoms with E-state index in [-0.39, 0.29) is 11.9 Å². The van der Waals surface area contributed by atoms with Gasteiger partial charge in [-0.15, -0.1) is 0 Å². The maximum absolute atomic E-state index is 13.6. The fraction of sp³-hybridized carbons (Fsp3) is 0.214. The molecule has 0 fully saturated rings. The highest BCUT2D eigenvalue weighted by Gasteiger charge is 2.42. The van der Waals surface area contributed by atoms with Gasteiger partial charge in [0, 0.05) is 22.7 Å². The summed E-state index contributed by atoms with van der Waals surface area (Å²) in [6.07, 6.45) is 2.07. The Balaban J connectivity index is 1.59. The summed E-state index contributed by atoms with van der Waals surface area (Å²) in [6.45, 7) is 3.31. The lowest BCUT2D eigenvalue weighted by atomic mass is 9.95. The molecule has 1 atom stereocenters. The van der Waals surface area contributed by atoms with E-state index in [9.17, 15) is 4.79 Å². The number of aromatic amines is 1. The second kappa shape index (κ2) is 9.74. The molecule has 1 amide bonds. The topological polar surface area (TPSA) is 58.2 Å². The smallest absolute Gasteiger partial charge is 0.273 e. The van der Waals surface area contributed by atoms with Gasteiger partial charge in [-0.25, -0.2) is 0 Å². The first-order valence-corrected chi connectivity index (χ1v) is 12.0. The molecule has 0 aliphatic carbocycles. The third-order valence-electron chi connectivity index (χ3n) is 6.12. The lowest BCUT2D eigenvalue weighted by molar-refractivity contribution is 0.0730. The monoisotopic (exact) mass is 471 g/mol. The summed E-state index contributed by atoms with van der Waals surface area (Å²) in [4.78, 5) is 15.5. The molecule has 1 aliphatic heterocycles. The van der Waals surface area contributed by atoms with E-state index >= 15 is 0 Å². The van der Waals surface area contributed by atoms with Crippen LogP contribution < -0.4 is 4.74 Å². The lowest BCUT2D eigenvalue weighted by Gasteiger charge is -2.27. The van der Waals surface area contributed by atoms with Crippen molar-refractivity contribution in [2.24, 2.45) is 0 Å². The van der Waals surface area contributed by atoms with Crippen LogP contribution in [0.5, 0.6) is 5.75 Å². The number of amides is 1. The molecule has 1 unspecified atom stereocenters. The average molecular weight is 472 g/mol. The van der Waals surface area contributed by atoms with Crippen LogP contribution in [0.25, 0.3) is 11.3 Å². The van der Waals surface area contributed by atoms with Gasteiger partial charge in [0.15, 0.2) is 0 Å². The van der Waals surface area contributed by atoms with Crippen LogP contribution in [-0.4, -0.2) is 27.6 Å². The van der Waals surface area contributed by atoms with E-state index in [2.05, 4.69) is 23.2 Å². The second-order valence-electron chi connectivity index (χ2n) is 8.46. The predicted octanol–water partition coefficient (Wildman–Crippen LogP) is 6.65. The molecule has 0 bridgehead atoms. The maximum Gasteiger partial charge on any atom is 0.273 e. The largest absolute Gasteiger partial charge is 0.494 e. The van der Waals surface area contributed by atoms with Crippen LogP contribution in [0.15, 0.2) is 78.9 Å². The third-order valence-corrected chi connectivity index (χ3v) is 6.37. The highest BCUT2D eigenvalue weighted by Crippen LogP contribution is 2.44. The molecular formula is C28H26ClN3O2. The molecule has 0 radical (unpaired) electrons. The molecule has 0 spiro atoms. The van der Waals surface area contributed by atoms with Gasteiger partial charge in [0.2, 0.25) is 0 Å². The lowest BCUT2D eigenvalue weighted by Crippen LogP contribution is -2.29. The van der Waals surface area contributed by atoms with E-state index in [0.29, 0.717) is 23.9 Å². The first kappa shape index (κ1) is 22.2. The number of carbonyl (C=O) groups excluding carboxylic acids is 1. The third kappa shape index (κ3) is 4.31. The van der Waals surface area contributed by atoms with Crippen molar-refractivity contribution >= 4 is 17.5 Å². The molecule has 4 aromatic rings. The molecule has 2 heterocycles. The molecule has 1 aliphatic rings. The van der Waals surface area contributed by atoms with Gasteiger partial charge in [0.1, 0.15) is 11.4 Å². The first-order valence-electron chi connectivity index (χ1n) is 11.6. The van der Waals surface area contributed by atoms with Crippen molar-refractivity contribution in [3.8, 4) is 17.0 Å². The minimum Gasteiger partial charge on any atom is -0.494 e. The molecule has 0 saturated heterocycles. The Hall–Kier alpha value is -3.57. The molecular weight excluding hydrogens is 446 g/mol. The SMILES string of the molecule is CCCCOc1cccc(C2c3c(-c4ccc(Cl)cc4)n[nH]c3C(=O)N2Cc2ccccc2)c1. The quantitative estimate of drug-likeness (QED) is 0.292. The number of H-pyrrole nitrogens is 1. The fourth-order valence-electron chi connectivity index (χ4n) is 4.42. The van der Waals surface area contributed by atoms with Crippen molar-refractivity contribution < 1.29 is 9.53 Å². The molecule has 1 aromatic heterocycles. The molecule has 6 heteroatoms. The maximum atomic E-state index is 13.6. The zero-order valence-electron chi connectivity index (χ0n) is 19.0. The van der Waals surface area contributed by atoms with Gasteiger partial charge in [-0.3, -0.25) is 9.89 Å². The summed E-state index contributed by atoms with van der Waals surface area (Å²) in [5, 5.41) is 8.22. The van der Waals surface area contributed by atoms with Gasteiger partial charge in [0.05, 0.1) is 18.3 Å². The van der Waals surface area contributed by atoms with Crippen LogP contribution in [0, 0.1) is 0 Å². The number of rotatable bonds is 8. The predicted molar refractivity (Wildman–Crippen MR) is 134 cm³/mol. The van der Waals surface area contributed by atoms with Gasteiger partial charge < -0.3 is 9.64 Å². The van der Waals surface area contributed by atoms with Crippen LogP contribution in [0.3, 0.4) is 0 Å². The van der Waals surface area contributed by atoms with Gasteiger partial charge in [-0.05, 0) is 41.8 Å². The minimum atomic E-state index is -0.290. The van der Waals surface area contributed by atoms with Gasteiger partial charge >= 0.3 is 0 Å². The molecule has 5 nitrogen and oxygen atoms in total. The second-order valence-corrected chi connectivity index (χ2v) is 8.90. The van der Waals surface area contributed by atoms with Crippen LogP contribution in [0.2, 0.25) is 5.02 Å². The van der Waals surface area contributed by atoms with Crippen LogP contribution in [0.4, 0.5) is 0 Å². The van der Waals surface area contributed by atoms with E-state index in [4.69, 9.17) is 16.3 Å². The van der Waals surface area contributed by atoms with E-state index in [1.54, 1.807) is 0 Å². The van der Waals surface area contributed by atoms with Crippen LogP contribution in [0.1, 0.15) is 53.0 Å². The summed E-state index contributed by atoms with van der Waals surface area (Å²) in [6, 6.07) is 25.4. The Morgan fingerprint density at radius 3 is 2.59 bits per heavy atom. The Bertz CT molecular complexity index is 1280. The standard InChI is InChI=1S/C28H26ClN3O2/c1-2-3-16-34-23-11-7-10-21(17-23)27-24-25(20-12-14-22(29)15-13-20)30-31-26(24)28(33)32(27)18-19-8-5-4-6-9-19/h4-15,17,27H,2-3,16,18H2,1H3,(H,30,31). The summed E-state index contributed by atoms with van der Waals surface area (Å²) < 4.78 is 5.98. The Morgan fingerprint density at radius 1 is 1.03 bits per heavy atom. The van der Waals surface area contributed by atoms with E-state index in [1.807, 2.05) is 77.7 Å². The Kier molecular flexibility index (Phi) is 6.37. The number of unbranched alkanes of at least 4 members (excludes halogenated alkanes) is 1. The number of benzene rings is 3. The molecule has 3 aromatic carbocycles. The zero-order valence-corrected chi connectivity index (χ0v) is 19.8. The Labute approximate surface area is 204 Å². The van der Waals surface area contributed by atoms with E-state index in [1.165, 1.54) is 0 Å². The summed E-state index contributed by atoms with van der Waals surface area (Å²) in [5.74, 6) is 0.747. The van der Waals surface area contributed by atoms with Crippen LogP contribution in [-0.2, 0) is 6.54 Å². The minimum absolute atomic E-state index is 0.0612. The number of ether oxygens (including phenoxy) is 1. The van der Waals surface area contributed by atoms with Gasteiger partial charge in [0.25, 0.3) is 5.91 Å².